The minimum absolute atomic E-state index is 0.0414. The predicted octanol–water partition coefficient (Wildman–Crippen LogP) is 4.22. The number of nitrogens with one attached hydrogen (secondary N) is 1. The average Bonchev–Trinajstić information content (AvgIpc) is 2.65. The summed E-state index contributed by atoms with van der Waals surface area (Å²) in [6, 6.07) is 7.67. The van der Waals surface area contributed by atoms with Crippen LogP contribution in [-0.2, 0) is 4.79 Å². The van der Waals surface area contributed by atoms with Gasteiger partial charge in [0.05, 0.1) is 7.11 Å². The molecule has 0 aliphatic rings. The summed E-state index contributed by atoms with van der Waals surface area (Å²) in [5, 5.41) is 3.19. The third kappa shape index (κ3) is 4.77. The Kier molecular flexibility index (Phi) is 7.19. The number of halogens is 2. The zero-order valence-electron chi connectivity index (χ0n) is 15.6. The van der Waals surface area contributed by atoms with Gasteiger partial charge in [-0.2, -0.15) is 0 Å². The lowest BCUT2D eigenvalue weighted by Crippen LogP contribution is -2.31. The van der Waals surface area contributed by atoms with E-state index in [0.717, 1.165) is 12.4 Å². The Morgan fingerprint density at radius 1 is 1.26 bits per heavy atom. The monoisotopic (exact) mass is 375 g/mol. The lowest BCUT2D eigenvalue weighted by molar-refractivity contribution is -0.108. The number of rotatable bonds is 9. The summed E-state index contributed by atoms with van der Waals surface area (Å²) in [6.07, 6.45) is 1.65. The van der Waals surface area contributed by atoms with Crippen LogP contribution < -0.4 is 10.1 Å². The minimum Gasteiger partial charge on any atom is -0.496 e. The maximum atomic E-state index is 15.3. The highest BCUT2D eigenvalue weighted by molar-refractivity contribution is 6.11. The molecule has 0 spiro atoms. The van der Waals surface area contributed by atoms with Gasteiger partial charge in [0, 0.05) is 29.6 Å². The van der Waals surface area contributed by atoms with Gasteiger partial charge in [-0.3, -0.25) is 4.79 Å². The van der Waals surface area contributed by atoms with Gasteiger partial charge in [-0.05, 0) is 31.5 Å². The number of benzene rings is 2. The second-order valence-electron chi connectivity index (χ2n) is 6.32. The Balaban J connectivity index is 2.49. The van der Waals surface area contributed by atoms with Crippen molar-refractivity contribution in [1.29, 1.82) is 0 Å². The fourth-order valence-corrected chi connectivity index (χ4v) is 2.98. The summed E-state index contributed by atoms with van der Waals surface area (Å²) in [6.45, 7) is 3.71. The summed E-state index contributed by atoms with van der Waals surface area (Å²) in [5.74, 6) is -1.85. The van der Waals surface area contributed by atoms with Crippen LogP contribution in [0.3, 0.4) is 0 Å². The van der Waals surface area contributed by atoms with Crippen molar-refractivity contribution in [2.24, 2.45) is 0 Å². The first-order valence-electron chi connectivity index (χ1n) is 8.79. The van der Waals surface area contributed by atoms with Gasteiger partial charge >= 0.3 is 0 Å². The highest BCUT2D eigenvalue weighted by Gasteiger charge is 2.26. The van der Waals surface area contributed by atoms with Crippen LogP contribution in [0.4, 0.5) is 8.78 Å². The Hall–Kier alpha value is -2.60. The van der Waals surface area contributed by atoms with Gasteiger partial charge in [0.1, 0.15) is 29.2 Å². The van der Waals surface area contributed by atoms with Crippen LogP contribution in [0.2, 0.25) is 0 Å². The van der Waals surface area contributed by atoms with E-state index >= 15 is 4.39 Å². The van der Waals surface area contributed by atoms with Gasteiger partial charge in [-0.1, -0.05) is 25.1 Å². The van der Waals surface area contributed by atoms with Crippen molar-refractivity contribution >= 4 is 12.1 Å². The molecule has 0 saturated heterocycles. The number of aldehydes is 1. The van der Waals surface area contributed by atoms with Gasteiger partial charge in [0.25, 0.3) is 0 Å². The van der Waals surface area contributed by atoms with E-state index in [1.165, 1.54) is 31.4 Å². The standard InChI is InChI=1S/C21H23F2NO3/c1-4-17(24-13(2)10-11-25)16-8-9-18(27-3)19(20(16)23)21(26)14-6-5-7-15(22)12-14/h5-9,11-13,17,24H,4,10H2,1-3H3/t13-,17+/m0/s1. The zero-order chi connectivity index (χ0) is 20.0. The molecule has 0 saturated carbocycles. The molecule has 2 rings (SSSR count). The van der Waals surface area contributed by atoms with Gasteiger partial charge in [-0.25, -0.2) is 8.78 Å². The molecule has 0 heterocycles. The van der Waals surface area contributed by atoms with Crippen LogP contribution >= 0.6 is 0 Å². The second-order valence-corrected chi connectivity index (χ2v) is 6.32. The Bertz CT molecular complexity index is 823. The molecule has 2 atom stereocenters. The third-order valence-electron chi connectivity index (χ3n) is 4.39. The number of carbonyl (C=O) groups is 2. The average molecular weight is 375 g/mol. The van der Waals surface area contributed by atoms with Crippen LogP contribution in [0, 0.1) is 11.6 Å². The van der Waals surface area contributed by atoms with Crippen molar-refractivity contribution in [3.8, 4) is 5.75 Å². The first kappa shape index (κ1) is 20.7. The first-order valence-corrected chi connectivity index (χ1v) is 8.79. The Morgan fingerprint density at radius 2 is 2.00 bits per heavy atom. The molecule has 0 unspecified atom stereocenters. The maximum absolute atomic E-state index is 15.3. The highest BCUT2D eigenvalue weighted by Crippen LogP contribution is 2.31. The number of methoxy groups -OCH3 is 1. The van der Waals surface area contributed by atoms with E-state index in [1.807, 2.05) is 13.8 Å². The van der Waals surface area contributed by atoms with E-state index in [9.17, 15) is 14.0 Å². The van der Waals surface area contributed by atoms with E-state index in [1.54, 1.807) is 6.07 Å². The maximum Gasteiger partial charge on any atom is 0.199 e. The van der Waals surface area contributed by atoms with E-state index in [4.69, 9.17) is 4.74 Å². The molecular formula is C21H23F2NO3. The van der Waals surface area contributed by atoms with Crippen LogP contribution in [0.15, 0.2) is 36.4 Å². The summed E-state index contributed by atoms with van der Waals surface area (Å²) >= 11 is 0. The van der Waals surface area contributed by atoms with Crippen molar-refractivity contribution < 1.29 is 23.1 Å². The molecule has 0 radical (unpaired) electrons. The molecule has 0 fully saturated rings. The second kappa shape index (κ2) is 9.37. The van der Waals surface area contributed by atoms with Crippen LogP contribution in [0.5, 0.6) is 5.75 Å². The molecule has 2 aromatic carbocycles. The molecule has 0 aromatic heterocycles. The summed E-state index contributed by atoms with van der Waals surface area (Å²) < 4.78 is 34.0. The van der Waals surface area contributed by atoms with Crippen molar-refractivity contribution in [2.75, 3.05) is 7.11 Å². The largest absolute Gasteiger partial charge is 0.496 e. The molecule has 0 amide bonds. The molecule has 0 aliphatic heterocycles. The van der Waals surface area contributed by atoms with Crippen LogP contribution in [-0.4, -0.2) is 25.2 Å². The van der Waals surface area contributed by atoms with Gasteiger partial charge in [0.15, 0.2) is 5.78 Å². The molecule has 6 heteroatoms. The van der Waals surface area contributed by atoms with Gasteiger partial charge in [0.2, 0.25) is 0 Å². The lowest BCUT2D eigenvalue weighted by atomic mass is 9.95. The molecule has 1 N–H and O–H groups in total. The predicted molar refractivity (Wildman–Crippen MR) is 99.1 cm³/mol. The van der Waals surface area contributed by atoms with Crippen molar-refractivity contribution in [2.45, 2.75) is 38.8 Å². The van der Waals surface area contributed by atoms with Gasteiger partial charge < -0.3 is 14.8 Å². The summed E-state index contributed by atoms with van der Waals surface area (Å²) in [5.41, 5.74) is 0.111. The molecule has 27 heavy (non-hydrogen) atoms. The fourth-order valence-electron chi connectivity index (χ4n) is 2.98. The number of hydrogen-bond donors (Lipinski definition) is 1. The molecular weight excluding hydrogens is 352 g/mol. The van der Waals surface area contributed by atoms with E-state index in [0.29, 0.717) is 18.4 Å². The molecule has 144 valence electrons. The molecule has 0 aliphatic carbocycles. The molecule has 4 nitrogen and oxygen atoms in total. The zero-order valence-corrected chi connectivity index (χ0v) is 15.6. The Labute approximate surface area is 157 Å². The van der Waals surface area contributed by atoms with Gasteiger partial charge in [-0.15, -0.1) is 0 Å². The highest BCUT2D eigenvalue weighted by atomic mass is 19.1. The van der Waals surface area contributed by atoms with Crippen molar-refractivity contribution in [3.05, 3.63) is 64.7 Å². The van der Waals surface area contributed by atoms with Crippen molar-refractivity contribution in [3.63, 3.8) is 0 Å². The summed E-state index contributed by atoms with van der Waals surface area (Å²) in [7, 11) is 1.35. The number of hydrogen-bond acceptors (Lipinski definition) is 4. The topological polar surface area (TPSA) is 55.4 Å². The number of ether oxygens (including phenoxy) is 1. The first-order chi connectivity index (χ1) is 12.9. The SMILES string of the molecule is CC[C@@H](N[C@@H](C)CC=O)c1ccc(OC)c(C(=O)c2cccc(F)c2)c1F. The quantitative estimate of drug-likeness (QED) is 0.527. The fraction of sp³-hybridized carbons (Fsp3) is 0.333. The van der Waals surface area contributed by atoms with E-state index in [-0.39, 0.29) is 29.0 Å². The molecule has 0 bridgehead atoms. The summed E-state index contributed by atoms with van der Waals surface area (Å²) in [4.78, 5) is 23.5. The van der Waals surface area contributed by atoms with Crippen molar-refractivity contribution in [1.82, 2.24) is 5.32 Å². The van der Waals surface area contributed by atoms with E-state index < -0.39 is 17.4 Å². The van der Waals surface area contributed by atoms with Crippen LogP contribution in [0.25, 0.3) is 0 Å². The van der Waals surface area contributed by atoms with E-state index in [2.05, 4.69) is 5.32 Å². The third-order valence-corrected chi connectivity index (χ3v) is 4.39. The lowest BCUT2D eigenvalue weighted by Gasteiger charge is -2.23. The minimum atomic E-state index is -0.707. The smallest absolute Gasteiger partial charge is 0.199 e. The molecule has 2 aromatic rings. The van der Waals surface area contributed by atoms with Crippen LogP contribution in [0.1, 0.15) is 54.2 Å². The number of carbonyl (C=O) groups excluding carboxylic acids is 2. The Morgan fingerprint density at radius 3 is 2.59 bits per heavy atom. The number of ketones is 1. The normalized spacial score (nSPS) is 13.1.